The molecule has 0 unspecified atom stereocenters. The zero-order valence-corrected chi connectivity index (χ0v) is 19.0. The van der Waals surface area contributed by atoms with E-state index in [4.69, 9.17) is 9.72 Å². The summed E-state index contributed by atoms with van der Waals surface area (Å²) < 4.78 is 7.10. The van der Waals surface area contributed by atoms with Gasteiger partial charge in [0.1, 0.15) is 6.10 Å². The van der Waals surface area contributed by atoms with Gasteiger partial charge in [0.25, 0.3) is 11.5 Å². The van der Waals surface area contributed by atoms with Crippen LogP contribution in [0.25, 0.3) is 5.65 Å². The molecule has 0 saturated carbocycles. The van der Waals surface area contributed by atoms with Crippen LogP contribution in [0, 0.1) is 5.41 Å². The van der Waals surface area contributed by atoms with Crippen LogP contribution in [-0.4, -0.2) is 62.0 Å². The summed E-state index contributed by atoms with van der Waals surface area (Å²) >= 11 is 0. The predicted octanol–water partition coefficient (Wildman–Crippen LogP) is 1.80. The highest BCUT2D eigenvalue weighted by atomic mass is 16.5. The van der Waals surface area contributed by atoms with Gasteiger partial charge in [-0.25, -0.2) is 9.50 Å². The maximum absolute atomic E-state index is 13.2. The topological polar surface area (TPSA) is 100 Å². The van der Waals surface area contributed by atoms with Crippen LogP contribution < -0.4 is 5.56 Å². The molecule has 1 N–H and O–H groups in total. The summed E-state index contributed by atoms with van der Waals surface area (Å²) in [4.78, 5) is 47.3. The molecule has 5 heterocycles. The van der Waals surface area contributed by atoms with Gasteiger partial charge in [-0.1, -0.05) is 20.8 Å². The molecule has 172 valence electrons. The van der Waals surface area contributed by atoms with Crippen LogP contribution in [0.3, 0.4) is 0 Å². The minimum absolute atomic E-state index is 0.0413. The maximum Gasteiger partial charge on any atom is 0.276 e. The fourth-order valence-electron chi connectivity index (χ4n) is 5.14. The summed E-state index contributed by atoms with van der Waals surface area (Å²) in [7, 11) is 0. The molecule has 2 amide bonds. The number of nitrogens with zero attached hydrogens (tertiary/aromatic N) is 4. The first-order valence-electron chi connectivity index (χ1n) is 11.6. The number of likely N-dealkylation sites (tertiary alicyclic amines) is 1. The van der Waals surface area contributed by atoms with Crippen LogP contribution in [0.1, 0.15) is 69.4 Å². The molecule has 0 spiro atoms. The van der Waals surface area contributed by atoms with Crippen LogP contribution >= 0.6 is 0 Å². The van der Waals surface area contributed by atoms with Crippen molar-refractivity contribution in [2.75, 3.05) is 19.7 Å². The van der Waals surface area contributed by atoms with Crippen molar-refractivity contribution in [1.29, 1.82) is 0 Å². The Kier molecular flexibility index (Phi) is 5.11. The Morgan fingerprint density at radius 3 is 2.72 bits per heavy atom. The zero-order chi connectivity index (χ0) is 22.6. The minimum atomic E-state index is -0.473. The van der Waals surface area contributed by atoms with Gasteiger partial charge in [0.2, 0.25) is 5.91 Å². The molecular weight excluding hydrogens is 410 g/mol. The number of hydrogen-bond acceptors (Lipinski definition) is 5. The molecule has 0 aromatic carbocycles. The van der Waals surface area contributed by atoms with E-state index < -0.39 is 5.41 Å². The third-order valence-electron chi connectivity index (χ3n) is 6.81. The third-order valence-corrected chi connectivity index (χ3v) is 6.81. The number of aromatic amines is 1. The first-order chi connectivity index (χ1) is 15.2. The van der Waals surface area contributed by atoms with E-state index >= 15 is 0 Å². The average Bonchev–Trinajstić information content (AvgIpc) is 3.51. The van der Waals surface area contributed by atoms with E-state index in [1.807, 2.05) is 31.7 Å². The number of amides is 2. The van der Waals surface area contributed by atoms with E-state index in [0.29, 0.717) is 49.6 Å². The number of nitrogens with one attached hydrogen (secondary N) is 1. The third kappa shape index (κ3) is 3.52. The van der Waals surface area contributed by atoms with Crippen molar-refractivity contribution < 1.29 is 14.3 Å². The summed E-state index contributed by atoms with van der Waals surface area (Å²) in [5.74, 6) is 0.105. The number of rotatable bonds is 2. The van der Waals surface area contributed by atoms with Gasteiger partial charge in [0.05, 0.1) is 24.0 Å². The van der Waals surface area contributed by atoms with Gasteiger partial charge in [-0.15, -0.1) is 0 Å². The lowest BCUT2D eigenvalue weighted by Gasteiger charge is -2.32. The van der Waals surface area contributed by atoms with Crippen LogP contribution in [0.4, 0.5) is 0 Å². The molecule has 9 heteroatoms. The second-order valence-electron chi connectivity index (χ2n) is 10.2. The molecule has 3 aliphatic heterocycles. The molecule has 2 aromatic heterocycles. The Bertz CT molecular complexity index is 1120. The van der Waals surface area contributed by atoms with Crippen molar-refractivity contribution >= 4 is 17.5 Å². The Hall–Kier alpha value is -2.68. The first kappa shape index (κ1) is 21.2. The molecule has 5 rings (SSSR count). The molecule has 2 atom stereocenters. The lowest BCUT2D eigenvalue weighted by Crippen LogP contribution is -2.44. The van der Waals surface area contributed by atoms with Crippen molar-refractivity contribution in [1.82, 2.24) is 24.4 Å². The summed E-state index contributed by atoms with van der Waals surface area (Å²) in [5.41, 5.74) is 2.10. The summed E-state index contributed by atoms with van der Waals surface area (Å²) in [6.45, 7) is 7.92. The van der Waals surface area contributed by atoms with Gasteiger partial charge in [0.15, 0.2) is 5.65 Å². The van der Waals surface area contributed by atoms with E-state index in [1.54, 1.807) is 4.90 Å². The number of carbonyl (C=O) groups is 2. The largest absolute Gasteiger partial charge is 0.368 e. The highest BCUT2D eigenvalue weighted by molar-refractivity contribution is 5.82. The number of ether oxygens (including phenoxy) is 1. The highest BCUT2D eigenvalue weighted by Gasteiger charge is 2.37. The summed E-state index contributed by atoms with van der Waals surface area (Å²) in [6.07, 6.45) is 3.59. The number of carbonyl (C=O) groups excluding carboxylic acids is 2. The minimum Gasteiger partial charge on any atom is -0.368 e. The van der Waals surface area contributed by atoms with Gasteiger partial charge < -0.3 is 14.5 Å². The molecule has 32 heavy (non-hydrogen) atoms. The summed E-state index contributed by atoms with van der Waals surface area (Å²) in [5, 5.41) is 3.22. The van der Waals surface area contributed by atoms with Gasteiger partial charge in [-0.2, -0.15) is 0 Å². The zero-order valence-electron chi connectivity index (χ0n) is 19.0. The molecule has 2 aromatic rings. The smallest absolute Gasteiger partial charge is 0.276 e. The standard InChI is InChI=1S/C23H31N5O4/c1-23(2,3)22(31)26-10-8-14-16(13-26)24-19-12-15(25-28(19)20(14)29)17-6-4-9-27(17)21(30)18-7-5-11-32-18/h12,17-18,25H,4-11,13H2,1-3H3/t17-,18+/m1/s1. The van der Waals surface area contributed by atoms with Crippen molar-refractivity contribution in [2.24, 2.45) is 5.41 Å². The van der Waals surface area contributed by atoms with Crippen molar-refractivity contribution in [3.63, 3.8) is 0 Å². The SMILES string of the molecule is CC(C)(C)C(=O)N1CCc2c(nc3cc([C@H]4CCCN4C(=O)[C@@H]4CCCO4)[nH]n3c2=O)C1. The van der Waals surface area contributed by atoms with Crippen LogP contribution in [0.2, 0.25) is 0 Å². The van der Waals surface area contributed by atoms with Gasteiger partial charge >= 0.3 is 0 Å². The lowest BCUT2D eigenvalue weighted by atomic mass is 9.93. The fraction of sp³-hybridized carbons (Fsp3) is 0.652. The van der Waals surface area contributed by atoms with Gasteiger partial charge in [-0.05, 0) is 32.1 Å². The van der Waals surface area contributed by atoms with Gasteiger partial charge in [-0.3, -0.25) is 19.5 Å². The van der Waals surface area contributed by atoms with Crippen molar-refractivity contribution in [3.05, 3.63) is 33.4 Å². The van der Waals surface area contributed by atoms with Crippen LogP contribution in [-0.2, 0) is 27.3 Å². The van der Waals surface area contributed by atoms with Crippen LogP contribution in [0.15, 0.2) is 10.9 Å². The number of hydrogen-bond donors (Lipinski definition) is 1. The number of fused-ring (bicyclic) bond motifs is 2. The van der Waals surface area contributed by atoms with Crippen molar-refractivity contribution in [3.8, 4) is 0 Å². The number of aromatic nitrogens is 3. The molecule has 2 fully saturated rings. The lowest BCUT2D eigenvalue weighted by molar-refractivity contribution is -0.142. The first-order valence-corrected chi connectivity index (χ1v) is 11.6. The predicted molar refractivity (Wildman–Crippen MR) is 117 cm³/mol. The highest BCUT2D eigenvalue weighted by Crippen LogP contribution is 2.33. The Balaban J connectivity index is 1.45. The average molecular weight is 442 g/mol. The fourth-order valence-corrected chi connectivity index (χ4v) is 5.14. The molecule has 2 saturated heterocycles. The van der Waals surface area contributed by atoms with E-state index in [-0.39, 0.29) is 29.5 Å². The van der Waals surface area contributed by atoms with E-state index in [2.05, 4.69) is 5.10 Å². The molecule has 0 aliphatic carbocycles. The van der Waals surface area contributed by atoms with E-state index in [1.165, 1.54) is 4.52 Å². The van der Waals surface area contributed by atoms with Gasteiger partial charge in [0, 0.05) is 36.7 Å². The normalized spacial score (nSPS) is 23.7. The second-order valence-corrected chi connectivity index (χ2v) is 10.2. The van der Waals surface area contributed by atoms with Crippen molar-refractivity contribution in [2.45, 2.75) is 71.6 Å². The van der Waals surface area contributed by atoms with E-state index in [9.17, 15) is 14.4 Å². The molecular formula is C23H31N5O4. The molecule has 9 nitrogen and oxygen atoms in total. The Labute approximate surface area is 186 Å². The second kappa shape index (κ2) is 7.72. The summed E-state index contributed by atoms with van der Waals surface area (Å²) in [6, 6.07) is 1.77. The monoisotopic (exact) mass is 441 g/mol. The van der Waals surface area contributed by atoms with E-state index in [0.717, 1.165) is 31.4 Å². The quantitative estimate of drug-likeness (QED) is 0.766. The Morgan fingerprint density at radius 1 is 1.19 bits per heavy atom. The molecule has 3 aliphatic rings. The van der Waals surface area contributed by atoms with Crippen LogP contribution in [0.5, 0.6) is 0 Å². The molecule has 0 radical (unpaired) electrons. The molecule has 0 bridgehead atoms. The maximum atomic E-state index is 13.2. The Morgan fingerprint density at radius 2 is 2.00 bits per heavy atom. The number of H-pyrrole nitrogens is 1.